The summed E-state index contributed by atoms with van der Waals surface area (Å²) in [6.45, 7) is 22.7. The Hall–Kier alpha value is -1.57. The van der Waals surface area contributed by atoms with Gasteiger partial charge in [-0.05, 0) is 79.8 Å². The largest absolute Gasteiger partial charge is 0.460 e. The molecule has 0 saturated carbocycles. The topological polar surface area (TPSA) is 108 Å². The third-order valence-electron chi connectivity index (χ3n) is 3.33. The van der Waals surface area contributed by atoms with Crippen LogP contribution in [0.1, 0.15) is 94.4 Å². The van der Waals surface area contributed by atoms with Gasteiger partial charge in [-0.2, -0.15) is 0 Å². The van der Waals surface area contributed by atoms with Gasteiger partial charge < -0.3 is 30.1 Å². The van der Waals surface area contributed by atoms with Gasteiger partial charge >= 0.3 is 5.97 Å². The van der Waals surface area contributed by atoms with Gasteiger partial charge in [0, 0.05) is 20.0 Å². The Balaban J connectivity index is -0.000000181. The van der Waals surface area contributed by atoms with Gasteiger partial charge in [-0.15, -0.1) is 6.58 Å². The molecule has 0 radical (unpaired) electrons. The first-order chi connectivity index (χ1) is 14.9. The standard InChI is InChI=1S/C9H17NO3.C6H15N.C6H10O.C5H12O/c1-9(2,3)13-8(12)5-4-7(10)6-11;1-6(2,3)5-7-4;1-2-3-4-5-6-7;1-5(2,3)6-4/h6-7H,4-5,10H2,1-3H3;7H,5H2,1-4H3;2,6H,1,3-5H2;1-4H3. The number of carbonyl (C=O) groups is 3. The highest BCUT2D eigenvalue weighted by molar-refractivity contribution is 5.70. The first-order valence-electron chi connectivity index (χ1n) is 11.6. The monoisotopic (exact) mass is 474 g/mol. The highest BCUT2D eigenvalue weighted by Crippen LogP contribution is 2.10. The number of esters is 1. The van der Waals surface area contributed by atoms with Gasteiger partial charge in [0.25, 0.3) is 0 Å². The molecule has 0 aromatic carbocycles. The third kappa shape index (κ3) is 53.6. The molecule has 3 N–H and O–H groups in total. The van der Waals surface area contributed by atoms with Crippen molar-refractivity contribution >= 4 is 18.5 Å². The van der Waals surface area contributed by atoms with Crippen LogP contribution in [-0.2, 0) is 23.9 Å². The Bertz CT molecular complexity index is 478. The van der Waals surface area contributed by atoms with Crippen LogP contribution in [0, 0.1) is 5.41 Å². The fraction of sp³-hybridized carbons (Fsp3) is 0.808. The lowest BCUT2D eigenvalue weighted by atomic mass is 9.97. The fourth-order valence-corrected chi connectivity index (χ4v) is 1.62. The maximum absolute atomic E-state index is 11.1. The molecule has 7 nitrogen and oxygen atoms in total. The van der Waals surface area contributed by atoms with Gasteiger partial charge in [0.05, 0.1) is 11.6 Å². The van der Waals surface area contributed by atoms with Crippen LogP contribution in [-0.4, -0.2) is 56.5 Å². The zero-order chi connectivity index (χ0) is 27.1. The van der Waals surface area contributed by atoms with Crippen molar-refractivity contribution in [3.63, 3.8) is 0 Å². The van der Waals surface area contributed by atoms with E-state index < -0.39 is 11.6 Å². The summed E-state index contributed by atoms with van der Waals surface area (Å²) in [5.74, 6) is -0.315. The molecule has 0 aliphatic carbocycles. The molecule has 0 rings (SSSR count). The number of nitrogens with one attached hydrogen (secondary N) is 1. The van der Waals surface area contributed by atoms with E-state index in [2.05, 4.69) is 32.7 Å². The molecule has 0 fully saturated rings. The summed E-state index contributed by atoms with van der Waals surface area (Å²) in [6.07, 6.45) is 6.50. The summed E-state index contributed by atoms with van der Waals surface area (Å²) in [5.41, 5.74) is 5.32. The number of hydrogen-bond donors (Lipinski definition) is 2. The first-order valence-corrected chi connectivity index (χ1v) is 11.6. The van der Waals surface area contributed by atoms with Crippen molar-refractivity contribution in [2.45, 2.75) is 112 Å². The minimum atomic E-state index is -0.562. The molecule has 1 atom stereocenters. The van der Waals surface area contributed by atoms with Crippen molar-refractivity contribution in [2.75, 3.05) is 20.7 Å². The number of aldehydes is 2. The van der Waals surface area contributed by atoms with Gasteiger partial charge in [-0.3, -0.25) is 4.79 Å². The van der Waals surface area contributed by atoms with Crippen LogP contribution < -0.4 is 11.1 Å². The Morgan fingerprint density at radius 1 is 1.00 bits per heavy atom. The number of unbranched alkanes of at least 4 members (excludes halogenated alkanes) is 2. The summed E-state index contributed by atoms with van der Waals surface area (Å²) < 4.78 is 9.96. The van der Waals surface area contributed by atoms with Crippen molar-refractivity contribution in [3.05, 3.63) is 12.7 Å². The highest BCUT2D eigenvalue weighted by atomic mass is 16.6. The van der Waals surface area contributed by atoms with E-state index in [0.717, 1.165) is 25.7 Å². The molecule has 0 heterocycles. The second kappa shape index (κ2) is 22.2. The molecule has 33 heavy (non-hydrogen) atoms. The normalized spacial score (nSPS) is 11.8. The molecule has 1 unspecified atom stereocenters. The summed E-state index contributed by atoms with van der Waals surface area (Å²) in [5, 5.41) is 3.11. The summed E-state index contributed by atoms with van der Waals surface area (Å²) >= 11 is 0. The van der Waals surface area contributed by atoms with Crippen molar-refractivity contribution in [3.8, 4) is 0 Å². The first kappa shape index (κ1) is 38.7. The van der Waals surface area contributed by atoms with Crippen LogP contribution in [0.15, 0.2) is 12.7 Å². The Morgan fingerprint density at radius 3 is 1.73 bits per heavy atom. The predicted molar refractivity (Wildman–Crippen MR) is 139 cm³/mol. The van der Waals surface area contributed by atoms with E-state index in [1.165, 1.54) is 0 Å². The van der Waals surface area contributed by atoms with Crippen LogP contribution in [0.5, 0.6) is 0 Å². The van der Waals surface area contributed by atoms with E-state index in [1.807, 2.05) is 33.9 Å². The Labute approximate surface area is 204 Å². The van der Waals surface area contributed by atoms with Crippen molar-refractivity contribution in [1.82, 2.24) is 5.32 Å². The Kier molecular flexibility index (Phi) is 26.1. The van der Waals surface area contributed by atoms with Crippen LogP contribution in [0.4, 0.5) is 0 Å². The van der Waals surface area contributed by atoms with Crippen molar-refractivity contribution < 1.29 is 23.9 Å². The number of nitrogens with two attached hydrogens (primary N) is 1. The second-order valence-electron chi connectivity index (χ2n) is 10.7. The van der Waals surface area contributed by atoms with Gasteiger partial charge in [0.1, 0.15) is 18.2 Å². The van der Waals surface area contributed by atoms with Crippen LogP contribution in [0.25, 0.3) is 0 Å². The van der Waals surface area contributed by atoms with E-state index in [9.17, 15) is 14.4 Å². The minimum absolute atomic E-state index is 0.0417. The average Bonchev–Trinajstić information content (AvgIpc) is 2.65. The Morgan fingerprint density at radius 2 is 1.48 bits per heavy atom. The van der Waals surface area contributed by atoms with E-state index in [0.29, 0.717) is 24.5 Å². The summed E-state index contributed by atoms with van der Waals surface area (Å²) in [4.78, 5) is 30.9. The highest BCUT2D eigenvalue weighted by Gasteiger charge is 2.16. The lowest BCUT2D eigenvalue weighted by molar-refractivity contribution is -0.155. The van der Waals surface area contributed by atoms with Crippen molar-refractivity contribution in [2.24, 2.45) is 11.1 Å². The molecule has 0 aromatic rings. The predicted octanol–water partition coefficient (Wildman–Crippen LogP) is 4.86. The molecule has 0 aliphatic rings. The van der Waals surface area contributed by atoms with E-state index in [4.69, 9.17) is 15.2 Å². The van der Waals surface area contributed by atoms with Crippen LogP contribution >= 0.6 is 0 Å². The molecular formula is C26H54N2O5. The zero-order valence-electron chi connectivity index (χ0n) is 23.4. The molecule has 198 valence electrons. The zero-order valence-corrected chi connectivity index (χ0v) is 23.4. The van der Waals surface area contributed by atoms with Crippen LogP contribution in [0.3, 0.4) is 0 Å². The SMILES string of the molecule is C=CCCCC=O.CC(C)(C)OC(=O)CCC(N)C=O.CNCC(C)(C)C.COC(C)(C)C. The molecule has 7 heteroatoms. The maximum Gasteiger partial charge on any atom is 0.306 e. The molecule has 0 bridgehead atoms. The molecule has 0 saturated heterocycles. The third-order valence-corrected chi connectivity index (χ3v) is 3.33. The minimum Gasteiger partial charge on any atom is -0.460 e. The van der Waals surface area contributed by atoms with Crippen LogP contribution in [0.2, 0.25) is 0 Å². The lowest BCUT2D eigenvalue weighted by Gasteiger charge is -2.19. The number of carbonyl (C=O) groups excluding carboxylic acids is 3. The van der Waals surface area contributed by atoms with Gasteiger partial charge in [-0.1, -0.05) is 26.8 Å². The van der Waals surface area contributed by atoms with E-state index >= 15 is 0 Å². The molecule has 0 aliphatic heterocycles. The number of allylic oxidation sites excluding steroid dienone is 1. The average molecular weight is 475 g/mol. The molecule has 0 spiro atoms. The van der Waals surface area contributed by atoms with Gasteiger partial charge in [0.2, 0.25) is 0 Å². The number of methoxy groups -OCH3 is 1. The lowest BCUT2D eigenvalue weighted by Crippen LogP contribution is -2.27. The van der Waals surface area contributed by atoms with Gasteiger partial charge in [-0.25, -0.2) is 0 Å². The smallest absolute Gasteiger partial charge is 0.306 e. The van der Waals surface area contributed by atoms with E-state index in [1.54, 1.807) is 27.9 Å². The molecule has 0 aromatic heterocycles. The fourth-order valence-electron chi connectivity index (χ4n) is 1.62. The summed E-state index contributed by atoms with van der Waals surface area (Å²) in [7, 11) is 3.69. The van der Waals surface area contributed by atoms with Crippen molar-refractivity contribution in [1.29, 1.82) is 0 Å². The number of ether oxygens (including phenoxy) is 2. The van der Waals surface area contributed by atoms with Gasteiger partial charge in [0.15, 0.2) is 0 Å². The number of rotatable bonds is 9. The number of hydrogen-bond acceptors (Lipinski definition) is 7. The second-order valence-corrected chi connectivity index (χ2v) is 10.7. The summed E-state index contributed by atoms with van der Waals surface area (Å²) in [6, 6.07) is -0.562. The molecular weight excluding hydrogens is 420 g/mol. The van der Waals surface area contributed by atoms with E-state index in [-0.39, 0.29) is 18.0 Å². The quantitative estimate of drug-likeness (QED) is 0.213. The molecule has 0 amide bonds. The maximum atomic E-state index is 11.1.